The molecule has 2 aliphatic heterocycles. The van der Waals surface area contributed by atoms with Gasteiger partial charge in [-0.25, -0.2) is 4.68 Å². The summed E-state index contributed by atoms with van der Waals surface area (Å²) in [6, 6.07) is 11.5. The number of nitrogens with zero attached hydrogens (tertiary/aromatic N) is 4. The van der Waals surface area contributed by atoms with Crippen LogP contribution in [0.3, 0.4) is 0 Å². The number of rotatable bonds is 7. The van der Waals surface area contributed by atoms with Crippen molar-refractivity contribution >= 4 is 11.6 Å². The molecule has 3 heterocycles. The number of amides is 1. The zero-order valence-electron chi connectivity index (χ0n) is 18.9. The van der Waals surface area contributed by atoms with Crippen LogP contribution in [0.15, 0.2) is 47.4 Å². The molecule has 0 saturated carbocycles. The van der Waals surface area contributed by atoms with E-state index in [0.717, 1.165) is 50.3 Å². The summed E-state index contributed by atoms with van der Waals surface area (Å²) < 4.78 is 1.48. The van der Waals surface area contributed by atoms with Gasteiger partial charge >= 0.3 is 0 Å². The van der Waals surface area contributed by atoms with Crippen molar-refractivity contribution in [1.29, 1.82) is 0 Å². The minimum Gasteiger partial charge on any atom is -0.369 e. The van der Waals surface area contributed by atoms with Crippen molar-refractivity contribution < 1.29 is 4.79 Å². The Morgan fingerprint density at radius 3 is 2.56 bits per heavy atom. The van der Waals surface area contributed by atoms with E-state index in [-0.39, 0.29) is 17.4 Å². The topological polar surface area (TPSA) is 70.5 Å². The van der Waals surface area contributed by atoms with E-state index in [0.29, 0.717) is 19.6 Å². The molecular formula is C25H35N5O2. The Kier molecular flexibility index (Phi) is 7.93. The second-order valence-electron chi connectivity index (χ2n) is 9.03. The Bertz CT molecular complexity index is 921. The van der Waals surface area contributed by atoms with E-state index in [2.05, 4.69) is 20.2 Å². The number of carbonyl (C=O) groups is 1. The van der Waals surface area contributed by atoms with Crippen molar-refractivity contribution in [2.45, 2.75) is 45.1 Å². The van der Waals surface area contributed by atoms with Gasteiger partial charge in [0, 0.05) is 32.2 Å². The first-order valence-electron chi connectivity index (χ1n) is 12.1. The van der Waals surface area contributed by atoms with Crippen molar-refractivity contribution in [3.8, 4) is 0 Å². The minimum absolute atomic E-state index is 0.0420. The van der Waals surface area contributed by atoms with E-state index in [1.54, 1.807) is 12.3 Å². The monoisotopic (exact) mass is 437 g/mol. The van der Waals surface area contributed by atoms with Gasteiger partial charge in [-0.2, -0.15) is 5.10 Å². The zero-order valence-corrected chi connectivity index (χ0v) is 18.9. The molecule has 172 valence electrons. The molecule has 1 amide bonds. The van der Waals surface area contributed by atoms with E-state index in [1.807, 2.05) is 30.3 Å². The summed E-state index contributed by atoms with van der Waals surface area (Å²) in [5, 5.41) is 7.54. The number of aromatic nitrogens is 2. The van der Waals surface area contributed by atoms with Gasteiger partial charge in [0.25, 0.3) is 5.56 Å². The molecule has 7 heteroatoms. The van der Waals surface area contributed by atoms with Crippen molar-refractivity contribution in [2.75, 3.05) is 44.2 Å². The molecule has 0 radical (unpaired) electrons. The predicted octanol–water partition coefficient (Wildman–Crippen LogP) is 2.50. The lowest BCUT2D eigenvalue weighted by Crippen LogP contribution is -2.45. The zero-order chi connectivity index (χ0) is 22.2. The van der Waals surface area contributed by atoms with Gasteiger partial charge < -0.3 is 15.1 Å². The van der Waals surface area contributed by atoms with E-state index in [4.69, 9.17) is 0 Å². The normalized spacial score (nSPS) is 20.0. The van der Waals surface area contributed by atoms with E-state index >= 15 is 0 Å². The summed E-state index contributed by atoms with van der Waals surface area (Å²) in [5.74, 6) is 0.0922. The highest BCUT2D eigenvalue weighted by Gasteiger charge is 2.26. The van der Waals surface area contributed by atoms with Gasteiger partial charge in [0.2, 0.25) is 5.91 Å². The smallest absolute Gasteiger partial charge is 0.269 e. The van der Waals surface area contributed by atoms with Crippen LogP contribution in [-0.2, 0) is 11.3 Å². The average Bonchev–Trinajstić information content (AvgIpc) is 3.10. The van der Waals surface area contributed by atoms with Crippen LogP contribution in [0, 0.1) is 5.92 Å². The second kappa shape index (κ2) is 11.3. The van der Waals surface area contributed by atoms with Gasteiger partial charge in [-0.15, -0.1) is 0 Å². The number of nitrogens with one attached hydrogen (secondary N) is 1. The summed E-state index contributed by atoms with van der Waals surface area (Å²) in [6.07, 6.45) is 8.78. The Morgan fingerprint density at radius 1 is 1.03 bits per heavy atom. The summed E-state index contributed by atoms with van der Waals surface area (Å²) in [6.45, 7) is 5.90. The molecule has 1 aromatic heterocycles. The number of anilines is 1. The van der Waals surface area contributed by atoms with Gasteiger partial charge in [-0.1, -0.05) is 43.2 Å². The number of benzene rings is 1. The van der Waals surface area contributed by atoms with Gasteiger partial charge in [0.15, 0.2) is 0 Å². The lowest BCUT2D eigenvalue weighted by atomic mass is 9.97. The minimum atomic E-state index is -0.115. The molecular weight excluding hydrogens is 402 g/mol. The second-order valence-corrected chi connectivity index (χ2v) is 9.03. The van der Waals surface area contributed by atoms with Crippen molar-refractivity contribution in [2.24, 2.45) is 5.92 Å². The molecule has 1 atom stereocenters. The predicted molar refractivity (Wildman–Crippen MR) is 127 cm³/mol. The SMILES string of the molecule is O=C(NCCN1CCCCCC1)[C@@H]1CCCN(c2cnn(Cc3ccccc3)c(=O)c2)C1. The fraction of sp³-hybridized carbons (Fsp3) is 0.560. The largest absolute Gasteiger partial charge is 0.369 e. The highest BCUT2D eigenvalue weighted by molar-refractivity contribution is 5.79. The van der Waals surface area contributed by atoms with Gasteiger partial charge in [0.05, 0.1) is 24.3 Å². The van der Waals surface area contributed by atoms with Crippen LogP contribution in [0.2, 0.25) is 0 Å². The maximum Gasteiger partial charge on any atom is 0.269 e. The van der Waals surface area contributed by atoms with Crippen molar-refractivity contribution in [1.82, 2.24) is 20.0 Å². The van der Waals surface area contributed by atoms with Crippen LogP contribution in [0.4, 0.5) is 5.69 Å². The van der Waals surface area contributed by atoms with Crippen LogP contribution in [0.5, 0.6) is 0 Å². The van der Waals surface area contributed by atoms with Crippen LogP contribution in [0.25, 0.3) is 0 Å². The molecule has 2 aliphatic rings. The standard InChI is InChI=1S/C25H35N5O2/c31-24-17-23(18-27-30(24)19-21-9-4-3-5-10-21)29-15-8-11-22(20-29)25(32)26-12-16-28-13-6-1-2-7-14-28/h3-5,9-10,17-18,22H,1-2,6-8,11-16,19-20H2,(H,26,32)/t22-/m1/s1. The third kappa shape index (κ3) is 6.19. The molecule has 0 aliphatic carbocycles. The summed E-state index contributed by atoms with van der Waals surface area (Å²) in [4.78, 5) is 30.0. The lowest BCUT2D eigenvalue weighted by Gasteiger charge is -2.33. The summed E-state index contributed by atoms with van der Waals surface area (Å²) in [5.41, 5.74) is 1.74. The molecule has 0 spiro atoms. The molecule has 0 bridgehead atoms. The van der Waals surface area contributed by atoms with Crippen molar-refractivity contribution in [3.63, 3.8) is 0 Å². The van der Waals surface area contributed by atoms with E-state index in [1.165, 1.54) is 30.4 Å². The molecule has 0 unspecified atom stereocenters. The highest BCUT2D eigenvalue weighted by Crippen LogP contribution is 2.22. The first-order chi connectivity index (χ1) is 15.7. The van der Waals surface area contributed by atoms with Gasteiger partial charge in [-0.05, 0) is 44.3 Å². The maximum absolute atomic E-state index is 12.8. The molecule has 7 nitrogen and oxygen atoms in total. The fourth-order valence-electron chi connectivity index (χ4n) is 4.74. The van der Waals surface area contributed by atoms with E-state index in [9.17, 15) is 9.59 Å². The van der Waals surface area contributed by atoms with Crippen LogP contribution in [0.1, 0.15) is 44.1 Å². The quantitative estimate of drug-likeness (QED) is 0.721. The Balaban J connectivity index is 1.29. The number of carbonyl (C=O) groups excluding carboxylic acids is 1. The molecule has 2 fully saturated rings. The van der Waals surface area contributed by atoms with Crippen molar-refractivity contribution in [3.05, 3.63) is 58.5 Å². The first-order valence-corrected chi connectivity index (χ1v) is 12.1. The molecule has 2 saturated heterocycles. The first kappa shape index (κ1) is 22.5. The molecule has 1 aromatic carbocycles. The molecule has 2 aromatic rings. The van der Waals surface area contributed by atoms with Gasteiger partial charge in [-0.3, -0.25) is 9.59 Å². The summed E-state index contributed by atoms with van der Waals surface area (Å²) in [7, 11) is 0. The Labute approximate surface area is 190 Å². The number of hydrogen-bond donors (Lipinski definition) is 1. The third-order valence-electron chi connectivity index (χ3n) is 6.61. The Morgan fingerprint density at radius 2 is 1.81 bits per heavy atom. The fourth-order valence-corrected chi connectivity index (χ4v) is 4.74. The summed E-state index contributed by atoms with van der Waals surface area (Å²) >= 11 is 0. The number of likely N-dealkylation sites (tertiary alicyclic amines) is 1. The van der Waals surface area contributed by atoms with Crippen LogP contribution >= 0.6 is 0 Å². The molecule has 32 heavy (non-hydrogen) atoms. The maximum atomic E-state index is 12.8. The van der Waals surface area contributed by atoms with Crippen LogP contribution < -0.4 is 15.8 Å². The Hall–Kier alpha value is -2.67. The molecule has 4 rings (SSSR count). The highest BCUT2D eigenvalue weighted by atomic mass is 16.2. The van der Waals surface area contributed by atoms with Crippen LogP contribution in [-0.4, -0.2) is 59.9 Å². The number of hydrogen-bond acceptors (Lipinski definition) is 5. The lowest BCUT2D eigenvalue weighted by molar-refractivity contribution is -0.125. The van der Waals surface area contributed by atoms with E-state index < -0.39 is 0 Å². The average molecular weight is 438 g/mol. The van der Waals surface area contributed by atoms with Gasteiger partial charge in [0.1, 0.15) is 0 Å². The molecule has 1 N–H and O–H groups in total. The third-order valence-corrected chi connectivity index (χ3v) is 6.61. The number of piperidine rings is 1.